The molecule has 0 bridgehead atoms. The van der Waals surface area contributed by atoms with Crippen molar-refractivity contribution >= 4 is 17.3 Å². The first-order chi connectivity index (χ1) is 11.6. The Bertz CT molecular complexity index is 656. The van der Waals surface area contributed by atoms with Gasteiger partial charge < -0.3 is 10.0 Å². The number of hydrogen-bond donors (Lipinski definition) is 1. The smallest absolute Gasteiger partial charge is 0.378 e. The van der Waals surface area contributed by atoms with Gasteiger partial charge in [-0.25, -0.2) is 0 Å². The molecule has 1 N–H and O–H groups in total. The number of rotatable bonds is 5. The summed E-state index contributed by atoms with van der Waals surface area (Å²) in [5.41, 5.74) is -2.28. The summed E-state index contributed by atoms with van der Waals surface area (Å²) in [6.45, 7) is 1.90. The molecule has 0 spiro atoms. The molecule has 1 atom stereocenters. The minimum absolute atomic E-state index is 0.0359. The number of hydrogen-bond acceptors (Lipinski definition) is 4. The molecule has 0 fully saturated rings. The quantitative estimate of drug-likeness (QED) is 0.879. The van der Waals surface area contributed by atoms with Crippen LogP contribution in [0.15, 0.2) is 29.4 Å². The molecule has 0 unspecified atom stereocenters. The molecule has 2 rings (SSSR count). The molecule has 25 heavy (non-hydrogen) atoms. The Kier molecular flexibility index (Phi) is 5.41. The van der Waals surface area contributed by atoms with Crippen molar-refractivity contribution in [1.82, 2.24) is 5.01 Å². The first kappa shape index (κ1) is 19.2. The molecule has 1 aliphatic rings. The van der Waals surface area contributed by atoms with Gasteiger partial charge in [0.1, 0.15) is 0 Å². The first-order valence-corrected chi connectivity index (χ1v) is 8.07. The molecule has 1 amide bonds. The molecule has 138 valence electrons. The lowest BCUT2D eigenvalue weighted by atomic mass is 10.0. The van der Waals surface area contributed by atoms with E-state index in [1.54, 1.807) is 17.0 Å². The van der Waals surface area contributed by atoms with Crippen molar-refractivity contribution in [2.24, 2.45) is 5.10 Å². The number of aliphatic hydroxyl groups is 1. The Morgan fingerprint density at radius 2 is 1.92 bits per heavy atom. The molecule has 0 aliphatic carbocycles. The number of anilines is 1. The van der Waals surface area contributed by atoms with E-state index >= 15 is 0 Å². The highest BCUT2D eigenvalue weighted by Crippen LogP contribution is 2.41. The van der Waals surface area contributed by atoms with Crippen molar-refractivity contribution in [3.05, 3.63) is 29.8 Å². The Hall–Kier alpha value is -2.09. The predicted molar refractivity (Wildman–Crippen MR) is 89.5 cm³/mol. The average Bonchev–Trinajstić information content (AvgIpc) is 2.90. The van der Waals surface area contributed by atoms with Crippen LogP contribution in [0.25, 0.3) is 0 Å². The van der Waals surface area contributed by atoms with E-state index in [9.17, 15) is 23.1 Å². The third-order valence-electron chi connectivity index (χ3n) is 4.14. The van der Waals surface area contributed by atoms with Crippen LogP contribution < -0.4 is 4.90 Å². The summed E-state index contributed by atoms with van der Waals surface area (Å²) in [5, 5.41) is 14.2. The number of halogens is 3. The lowest BCUT2D eigenvalue weighted by Crippen LogP contribution is -2.56. The van der Waals surface area contributed by atoms with Gasteiger partial charge in [0.2, 0.25) is 0 Å². The van der Waals surface area contributed by atoms with Gasteiger partial charge >= 0.3 is 6.18 Å². The van der Waals surface area contributed by atoms with Crippen LogP contribution in [0.5, 0.6) is 0 Å². The zero-order chi connectivity index (χ0) is 18.8. The minimum atomic E-state index is -5.00. The zero-order valence-electron chi connectivity index (χ0n) is 14.5. The van der Waals surface area contributed by atoms with Crippen LogP contribution in [0.4, 0.5) is 18.9 Å². The molecule has 0 radical (unpaired) electrons. The van der Waals surface area contributed by atoms with Crippen molar-refractivity contribution in [3.63, 3.8) is 0 Å². The number of hydrazone groups is 1. The fraction of sp³-hybridized carbons (Fsp3) is 0.529. The second-order valence-corrected chi connectivity index (χ2v) is 6.32. The number of nitrogens with zero attached hydrogens (tertiary/aromatic N) is 3. The molecule has 1 heterocycles. The Labute approximate surface area is 144 Å². The lowest BCUT2D eigenvalue weighted by molar-refractivity contribution is -0.297. The van der Waals surface area contributed by atoms with Crippen LogP contribution in [-0.2, 0) is 0 Å². The number of alkyl halides is 3. The van der Waals surface area contributed by atoms with Gasteiger partial charge in [0.25, 0.3) is 11.6 Å². The van der Waals surface area contributed by atoms with Gasteiger partial charge in [-0.1, -0.05) is 13.3 Å². The van der Waals surface area contributed by atoms with E-state index in [0.717, 1.165) is 12.1 Å². The third kappa shape index (κ3) is 3.78. The highest BCUT2D eigenvalue weighted by molar-refractivity contribution is 5.98. The number of carbonyl (C=O) groups is 1. The SMILES string of the molecule is CCCCC1=NN(C(=O)c2ccc(N(C)C)cc2)[C@](O)(C(F)(F)F)C1. The van der Waals surface area contributed by atoms with Gasteiger partial charge in [0.05, 0.1) is 0 Å². The van der Waals surface area contributed by atoms with Crippen LogP contribution in [-0.4, -0.2) is 47.7 Å². The maximum absolute atomic E-state index is 13.4. The van der Waals surface area contributed by atoms with Crippen molar-refractivity contribution < 1.29 is 23.1 Å². The van der Waals surface area contributed by atoms with Crippen molar-refractivity contribution in [2.45, 2.75) is 44.5 Å². The van der Waals surface area contributed by atoms with Crippen molar-refractivity contribution in [1.29, 1.82) is 0 Å². The monoisotopic (exact) mass is 357 g/mol. The Morgan fingerprint density at radius 1 is 1.32 bits per heavy atom. The number of carbonyl (C=O) groups excluding carboxylic acids is 1. The average molecular weight is 357 g/mol. The fourth-order valence-electron chi connectivity index (χ4n) is 2.60. The summed E-state index contributed by atoms with van der Waals surface area (Å²) in [6.07, 6.45) is -3.96. The van der Waals surface area contributed by atoms with E-state index in [4.69, 9.17) is 0 Å². The van der Waals surface area contributed by atoms with Crippen LogP contribution in [0, 0.1) is 0 Å². The molecule has 1 aliphatic heterocycles. The normalized spacial score (nSPS) is 20.6. The Balaban J connectivity index is 2.33. The zero-order valence-corrected chi connectivity index (χ0v) is 14.5. The summed E-state index contributed by atoms with van der Waals surface area (Å²) in [5.74, 6) is -0.975. The van der Waals surface area contributed by atoms with Gasteiger partial charge in [0, 0.05) is 37.5 Å². The van der Waals surface area contributed by atoms with Crippen LogP contribution in [0.3, 0.4) is 0 Å². The van der Waals surface area contributed by atoms with E-state index in [2.05, 4.69) is 5.10 Å². The summed E-state index contributed by atoms with van der Waals surface area (Å²) in [6, 6.07) is 6.09. The fourth-order valence-corrected chi connectivity index (χ4v) is 2.60. The molecule has 1 aromatic carbocycles. The second-order valence-electron chi connectivity index (χ2n) is 6.32. The highest BCUT2D eigenvalue weighted by Gasteiger charge is 2.63. The van der Waals surface area contributed by atoms with Gasteiger partial charge in [-0.15, -0.1) is 0 Å². The highest BCUT2D eigenvalue weighted by atomic mass is 19.4. The summed E-state index contributed by atoms with van der Waals surface area (Å²) < 4.78 is 40.2. The molecule has 0 saturated carbocycles. The van der Waals surface area contributed by atoms with Gasteiger partial charge in [0.15, 0.2) is 0 Å². The van der Waals surface area contributed by atoms with Crippen molar-refractivity contribution in [3.8, 4) is 0 Å². The second kappa shape index (κ2) is 7.03. The van der Waals surface area contributed by atoms with Crippen LogP contribution >= 0.6 is 0 Å². The van der Waals surface area contributed by atoms with Crippen LogP contribution in [0.1, 0.15) is 43.0 Å². The van der Waals surface area contributed by atoms with E-state index in [-0.39, 0.29) is 16.3 Å². The maximum atomic E-state index is 13.4. The predicted octanol–water partition coefficient (Wildman–Crippen LogP) is 3.40. The van der Waals surface area contributed by atoms with E-state index in [1.165, 1.54) is 12.1 Å². The molecule has 5 nitrogen and oxygen atoms in total. The number of benzene rings is 1. The third-order valence-corrected chi connectivity index (χ3v) is 4.14. The van der Waals surface area contributed by atoms with Gasteiger partial charge in [-0.2, -0.15) is 23.3 Å². The van der Waals surface area contributed by atoms with E-state index < -0.39 is 24.2 Å². The standard InChI is InChI=1S/C17H22F3N3O2/c1-4-5-6-13-11-16(25,17(18,19)20)23(21-13)15(24)12-7-9-14(10-8-12)22(2)3/h7-10,25H,4-6,11H2,1-3H3/t16-/m1/s1. The maximum Gasteiger partial charge on any atom is 0.438 e. The summed E-state index contributed by atoms with van der Waals surface area (Å²) >= 11 is 0. The lowest BCUT2D eigenvalue weighted by Gasteiger charge is -2.32. The topological polar surface area (TPSA) is 56.1 Å². The van der Waals surface area contributed by atoms with Gasteiger partial charge in [-0.3, -0.25) is 4.79 Å². The van der Waals surface area contributed by atoms with E-state index in [1.807, 2.05) is 21.0 Å². The molecular formula is C17H22F3N3O2. The Morgan fingerprint density at radius 3 is 2.40 bits per heavy atom. The molecule has 0 aromatic heterocycles. The number of amides is 1. The molecular weight excluding hydrogens is 335 g/mol. The minimum Gasteiger partial charge on any atom is -0.378 e. The number of unbranched alkanes of at least 4 members (excludes halogenated alkanes) is 1. The summed E-state index contributed by atoms with van der Waals surface area (Å²) in [7, 11) is 3.62. The molecule has 1 aromatic rings. The van der Waals surface area contributed by atoms with E-state index in [0.29, 0.717) is 12.8 Å². The largest absolute Gasteiger partial charge is 0.438 e. The molecule has 8 heteroatoms. The van der Waals surface area contributed by atoms with Gasteiger partial charge in [-0.05, 0) is 37.1 Å². The van der Waals surface area contributed by atoms with Crippen LogP contribution in [0.2, 0.25) is 0 Å². The van der Waals surface area contributed by atoms with Crippen molar-refractivity contribution in [2.75, 3.05) is 19.0 Å². The summed E-state index contributed by atoms with van der Waals surface area (Å²) in [4.78, 5) is 14.4. The molecule has 0 saturated heterocycles. The first-order valence-electron chi connectivity index (χ1n) is 8.07.